The van der Waals surface area contributed by atoms with Crippen LogP contribution in [0.25, 0.3) is 22.2 Å². The molecule has 0 atom stereocenters. The van der Waals surface area contributed by atoms with Gasteiger partial charge in [-0.3, -0.25) is 9.59 Å². The number of imidazole rings is 1. The van der Waals surface area contributed by atoms with Crippen molar-refractivity contribution in [1.29, 1.82) is 5.26 Å². The summed E-state index contributed by atoms with van der Waals surface area (Å²) in [6, 6.07) is 12.4. The molecule has 1 aromatic heterocycles. The Kier molecular flexibility index (Phi) is 9.66. The molecular formula is C34H34F2N6O3. The number of methoxy groups -OCH3 is 1. The highest BCUT2D eigenvalue weighted by atomic mass is 19.2. The molecule has 11 heteroatoms. The second kappa shape index (κ2) is 13.8. The van der Waals surface area contributed by atoms with Gasteiger partial charge in [0.15, 0.2) is 11.6 Å². The van der Waals surface area contributed by atoms with Gasteiger partial charge in [-0.15, -0.1) is 0 Å². The van der Waals surface area contributed by atoms with Gasteiger partial charge < -0.3 is 25.3 Å². The highest BCUT2D eigenvalue weighted by Crippen LogP contribution is 2.33. The third-order valence-electron chi connectivity index (χ3n) is 8.11. The van der Waals surface area contributed by atoms with Gasteiger partial charge in [-0.25, -0.2) is 13.8 Å². The Balaban J connectivity index is 1.24. The standard InChI is InChI=1S/C34H34F2N6O3/c1-20-13-31-30(39-19-42(31)2)17-26(20)27-15-24(16-28(35)33(27)36)40-34(44)21-6-11-29(22(14-21)18-37)41-32(43)5-4-12-38-23-7-9-25(45-3)10-8-23/h4-6,11,13-17,19,23,25,38H,7-10,12H2,1-3H3,(H,40,44)(H,41,43)/b5-4+/t23-,25-. The molecule has 0 aliphatic heterocycles. The largest absolute Gasteiger partial charge is 0.381 e. The first kappa shape index (κ1) is 31.5. The van der Waals surface area contributed by atoms with Gasteiger partial charge in [0.2, 0.25) is 5.91 Å². The number of nitriles is 1. The molecule has 4 aromatic rings. The summed E-state index contributed by atoms with van der Waals surface area (Å²) >= 11 is 0. The molecular weight excluding hydrogens is 578 g/mol. The van der Waals surface area contributed by atoms with E-state index in [2.05, 4.69) is 20.9 Å². The van der Waals surface area contributed by atoms with E-state index < -0.39 is 23.4 Å². The fourth-order valence-corrected chi connectivity index (χ4v) is 5.59. The minimum atomic E-state index is -1.12. The lowest BCUT2D eigenvalue weighted by Crippen LogP contribution is -2.35. The fraction of sp³-hybridized carbons (Fsp3) is 0.294. The number of aromatic nitrogens is 2. The molecule has 1 fully saturated rings. The van der Waals surface area contributed by atoms with E-state index >= 15 is 0 Å². The number of anilines is 2. The molecule has 3 N–H and O–H groups in total. The van der Waals surface area contributed by atoms with E-state index in [-0.39, 0.29) is 28.1 Å². The molecule has 0 spiro atoms. The zero-order chi connectivity index (χ0) is 32.1. The molecule has 0 radical (unpaired) electrons. The molecule has 45 heavy (non-hydrogen) atoms. The number of carbonyl (C=O) groups is 2. The van der Waals surface area contributed by atoms with Crippen molar-refractivity contribution < 1.29 is 23.1 Å². The summed E-state index contributed by atoms with van der Waals surface area (Å²) in [4.78, 5) is 29.9. The van der Waals surface area contributed by atoms with Crippen molar-refractivity contribution in [2.45, 2.75) is 44.8 Å². The number of ether oxygens (including phenoxy) is 1. The molecule has 232 valence electrons. The molecule has 2 amide bonds. The maximum atomic E-state index is 15.0. The molecule has 1 heterocycles. The second-order valence-corrected chi connectivity index (χ2v) is 11.2. The van der Waals surface area contributed by atoms with Crippen LogP contribution in [0.4, 0.5) is 20.2 Å². The fourth-order valence-electron chi connectivity index (χ4n) is 5.59. The zero-order valence-electron chi connectivity index (χ0n) is 25.3. The molecule has 1 aliphatic carbocycles. The van der Waals surface area contributed by atoms with Gasteiger partial charge in [0.25, 0.3) is 5.91 Å². The number of aryl methyl sites for hydroxylation is 2. The first-order valence-corrected chi connectivity index (χ1v) is 14.7. The van der Waals surface area contributed by atoms with Crippen molar-refractivity contribution >= 4 is 34.2 Å². The number of rotatable bonds is 9. The van der Waals surface area contributed by atoms with Crippen LogP contribution in [0.15, 0.2) is 60.9 Å². The van der Waals surface area contributed by atoms with E-state index in [9.17, 15) is 23.6 Å². The quantitative estimate of drug-likeness (QED) is 0.200. The maximum absolute atomic E-state index is 15.0. The number of benzene rings is 3. The molecule has 0 unspecified atom stereocenters. The van der Waals surface area contributed by atoms with Crippen LogP contribution >= 0.6 is 0 Å². The monoisotopic (exact) mass is 612 g/mol. The van der Waals surface area contributed by atoms with E-state index in [4.69, 9.17) is 4.74 Å². The van der Waals surface area contributed by atoms with Crippen LogP contribution in [-0.4, -0.2) is 47.2 Å². The lowest BCUT2D eigenvalue weighted by atomic mass is 9.93. The SMILES string of the molecule is CO[C@H]1CC[C@H](NC/C=C/C(=O)Nc2ccc(C(=O)Nc3cc(F)c(F)c(-c4cc5ncn(C)c5cc4C)c3)cc2C#N)CC1. The summed E-state index contributed by atoms with van der Waals surface area (Å²) in [6.07, 6.45) is 9.12. The Morgan fingerprint density at radius 3 is 2.60 bits per heavy atom. The Bertz CT molecular complexity index is 1820. The van der Waals surface area contributed by atoms with Gasteiger partial charge in [0.1, 0.15) is 6.07 Å². The normalized spacial score (nSPS) is 16.5. The molecule has 3 aromatic carbocycles. The van der Waals surface area contributed by atoms with Gasteiger partial charge in [-0.1, -0.05) is 6.08 Å². The van der Waals surface area contributed by atoms with Gasteiger partial charge in [-0.05, 0) is 80.1 Å². The zero-order valence-corrected chi connectivity index (χ0v) is 25.3. The minimum absolute atomic E-state index is 0.0205. The summed E-state index contributed by atoms with van der Waals surface area (Å²) in [5.74, 6) is -3.22. The predicted molar refractivity (Wildman–Crippen MR) is 169 cm³/mol. The van der Waals surface area contributed by atoms with E-state index in [0.717, 1.165) is 37.3 Å². The molecule has 5 rings (SSSR count). The lowest BCUT2D eigenvalue weighted by molar-refractivity contribution is -0.111. The van der Waals surface area contributed by atoms with Crippen LogP contribution < -0.4 is 16.0 Å². The number of carbonyl (C=O) groups excluding carboxylic acids is 2. The average molecular weight is 613 g/mol. The van der Waals surface area contributed by atoms with Crippen molar-refractivity contribution in [1.82, 2.24) is 14.9 Å². The summed E-state index contributed by atoms with van der Waals surface area (Å²) < 4.78 is 36.9. The van der Waals surface area contributed by atoms with Gasteiger partial charge in [-0.2, -0.15) is 5.26 Å². The van der Waals surface area contributed by atoms with Crippen LogP contribution in [0.5, 0.6) is 0 Å². The number of amides is 2. The van der Waals surface area contributed by atoms with Gasteiger partial charge in [0, 0.05) is 55.7 Å². The minimum Gasteiger partial charge on any atom is -0.381 e. The highest BCUT2D eigenvalue weighted by molar-refractivity contribution is 6.06. The summed E-state index contributed by atoms with van der Waals surface area (Å²) in [5, 5.41) is 18.4. The predicted octanol–water partition coefficient (Wildman–Crippen LogP) is 5.99. The van der Waals surface area contributed by atoms with Gasteiger partial charge >= 0.3 is 0 Å². The Labute approximate surface area is 259 Å². The Hall–Kier alpha value is -4.92. The molecule has 0 bridgehead atoms. The molecule has 1 saturated carbocycles. The first-order valence-electron chi connectivity index (χ1n) is 14.7. The molecule has 0 saturated heterocycles. The van der Waals surface area contributed by atoms with Gasteiger partial charge in [0.05, 0.1) is 34.7 Å². The summed E-state index contributed by atoms with van der Waals surface area (Å²) in [7, 11) is 3.58. The number of hydrogen-bond donors (Lipinski definition) is 3. The first-order chi connectivity index (χ1) is 21.7. The third kappa shape index (κ3) is 7.25. The van der Waals surface area contributed by atoms with Crippen molar-refractivity contribution in [2.75, 3.05) is 24.3 Å². The lowest BCUT2D eigenvalue weighted by Gasteiger charge is -2.27. The topological polar surface area (TPSA) is 121 Å². The van der Waals surface area contributed by atoms with Crippen molar-refractivity contribution in [3.8, 4) is 17.2 Å². The smallest absolute Gasteiger partial charge is 0.255 e. The van der Waals surface area contributed by atoms with Crippen molar-refractivity contribution in [3.05, 3.63) is 89.3 Å². The van der Waals surface area contributed by atoms with Crippen molar-refractivity contribution in [2.24, 2.45) is 7.05 Å². The number of halogens is 2. The molecule has 1 aliphatic rings. The van der Waals surface area contributed by atoms with Crippen LogP contribution in [0.2, 0.25) is 0 Å². The molecule has 9 nitrogen and oxygen atoms in total. The number of nitrogens with zero attached hydrogens (tertiary/aromatic N) is 3. The number of hydrogen-bond acceptors (Lipinski definition) is 6. The van der Waals surface area contributed by atoms with E-state index in [1.165, 1.54) is 30.3 Å². The second-order valence-electron chi connectivity index (χ2n) is 11.2. The van der Waals surface area contributed by atoms with E-state index in [0.29, 0.717) is 35.3 Å². The summed E-state index contributed by atoms with van der Waals surface area (Å²) in [5.41, 5.74) is 3.05. The van der Waals surface area contributed by atoms with Crippen LogP contribution in [0.3, 0.4) is 0 Å². The van der Waals surface area contributed by atoms with E-state index in [1.54, 1.807) is 32.5 Å². The van der Waals surface area contributed by atoms with Crippen LogP contribution in [0.1, 0.15) is 47.2 Å². The Morgan fingerprint density at radius 1 is 1.09 bits per heavy atom. The van der Waals surface area contributed by atoms with E-state index in [1.807, 2.05) is 23.8 Å². The highest BCUT2D eigenvalue weighted by Gasteiger charge is 2.20. The number of fused-ring (bicyclic) bond motifs is 1. The maximum Gasteiger partial charge on any atom is 0.255 e. The third-order valence-corrected chi connectivity index (χ3v) is 8.11. The van der Waals surface area contributed by atoms with Crippen molar-refractivity contribution in [3.63, 3.8) is 0 Å². The van der Waals surface area contributed by atoms with Crippen LogP contribution in [0, 0.1) is 29.9 Å². The number of nitrogens with one attached hydrogen (secondary N) is 3. The Morgan fingerprint density at radius 2 is 1.87 bits per heavy atom. The average Bonchev–Trinajstić information content (AvgIpc) is 3.39. The van der Waals surface area contributed by atoms with Crippen LogP contribution in [-0.2, 0) is 16.6 Å². The summed E-state index contributed by atoms with van der Waals surface area (Å²) in [6.45, 7) is 2.32.